The molecule has 0 saturated heterocycles. The number of anilines is 1. The molecule has 0 amide bonds. The molecule has 0 aliphatic heterocycles. The lowest BCUT2D eigenvalue weighted by atomic mass is 10.1. The quantitative estimate of drug-likeness (QED) is 0.464. The summed E-state index contributed by atoms with van der Waals surface area (Å²) in [5, 5.41) is 10.2. The van der Waals surface area contributed by atoms with Crippen molar-refractivity contribution in [2.24, 2.45) is 0 Å². The number of nitrogens with zero attached hydrogens (tertiary/aromatic N) is 3. The van der Waals surface area contributed by atoms with Crippen LogP contribution in [-0.4, -0.2) is 34.8 Å². The molecule has 3 aromatic heterocycles. The van der Waals surface area contributed by atoms with Gasteiger partial charge in [0.05, 0.1) is 12.0 Å². The highest BCUT2D eigenvalue weighted by Gasteiger charge is 2.20. The molecule has 0 fully saturated rings. The minimum atomic E-state index is -3.57. The lowest BCUT2D eigenvalue weighted by molar-refractivity contribution is 0.582. The normalized spacial score (nSPS) is 12.0. The van der Waals surface area contributed by atoms with E-state index in [9.17, 15) is 8.42 Å². The predicted octanol–water partition coefficient (Wildman–Crippen LogP) is 3.75. The summed E-state index contributed by atoms with van der Waals surface area (Å²) in [6, 6.07) is 11.6. The maximum Gasteiger partial charge on any atom is 0.249 e. The van der Waals surface area contributed by atoms with Crippen molar-refractivity contribution in [2.75, 3.05) is 11.6 Å². The minimum Gasteiger partial charge on any atom is -0.464 e. The fourth-order valence-corrected chi connectivity index (χ4v) is 3.52. The number of hydrogen-bond donors (Lipinski definition) is 2. The summed E-state index contributed by atoms with van der Waals surface area (Å²) in [6.07, 6.45) is 2.74. The molecule has 0 spiro atoms. The maximum absolute atomic E-state index is 12.1. The first-order valence-electron chi connectivity index (χ1n) is 9.15. The van der Waals surface area contributed by atoms with Gasteiger partial charge in [-0.1, -0.05) is 38.1 Å². The van der Waals surface area contributed by atoms with Gasteiger partial charge in [-0.15, -0.1) is 0 Å². The highest BCUT2D eigenvalue weighted by atomic mass is 32.2. The monoisotopic (exact) mass is 411 g/mol. The van der Waals surface area contributed by atoms with E-state index in [2.05, 4.69) is 25.5 Å². The Morgan fingerprint density at radius 2 is 1.86 bits per heavy atom. The van der Waals surface area contributed by atoms with Crippen molar-refractivity contribution < 1.29 is 12.8 Å². The molecule has 4 rings (SSSR count). The Labute approximate surface area is 168 Å². The number of nitrogens with one attached hydrogen (secondary N) is 2. The Hall–Kier alpha value is -3.20. The Balaban J connectivity index is 1.65. The Morgan fingerprint density at radius 3 is 2.48 bits per heavy atom. The van der Waals surface area contributed by atoms with Gasteiger partial charge in [0.2, 0.25) is 15.0 Å². The van der Waals surface area contributed by atoms with Gasteiger partial charge in [-0.25, -0.2) is 13.4 Å². The molecule has 0 unspecified atom stereocenters. The lowest BCUT2D eigenvalue weighted by Crippen LogP contribution is -2.09. The smallest absolute Gasteiger partial charge is 0.249 e. The third kappa shape index (κ3) is 3.86. The second-order valence-corrected chi connectivity index (χ2v) is 9.05. The summed E-state index contributed by atoms with van der Waals surface area (Å²) in [7, 11) is -3.57. The largest absolute Gasteiger partial charge is 0.464 e. The van der Waals surface area contributed by atoms with Crippen LogP contribution in [0.2, 0.25) is 0 Å². The van der Waals surface area contributed by atoms with E-state index in [0.29, 0.717) is 23.4 Å². The summed E-state index contributed by atoms with van der Waals surface area (Å²) < 4.78 is 29.5. The van der Waals surface area contributed by atoms with E-state index >= 15 is 0 Å². The van der Waals surface area contributed by atoms with Crippen molar-refractivity contribution in [1.29, 1.82) is 0 Å². The van der Waals surface area contributed by atoms with Gasteiger partial charge in [0.1, 0.15) is 11.3 Å². The van der Waals surface area contributed by atoms with Gasteiger partial charge in [0.25, 0.3) is 0 Å². The summed E-state index contributed by atoms with van der Waals surface area (Å²) >= 11 is 0. The maximum atomic E-state index is 12.1. The van der Waals surface area contributed by atoms with E-state index in [-0.39, 0.29) is 11.1 Å². The molecule has 29 heavy (non-hydrogen) atoms. The van der Waals surface area contributed by atoms with E-state index in [0.717, 1.165) is 28.8 Å². The van der Waals surface area contributed by atoms with Gasteiger partial charge >= 0.3 is 0 Å². The third-order valence-electron chi connectivity index (χ3n) is 4.54. The van der Waals surface area contributed by atoms with E-state index < -0.39 is 9.84 Å². The topological polar surface area (TPSA) is 114 Å². The van der Waals surface area contributed by atoms with Crippen LogP contribution in [-0.2, 0) is 16.4 Å². The zero-order valence-electron chi connectivity index (χ0n) is 16.3. The zero-order valence-corrected chi connectivity index (χ0v) is 17.1. The van der Waals surface area contributed by atoms with Crippen molar-refractivity contribution >= 4 is 26.7 Å². The fraction of sp³-hybridized carbons (Fsp3) is 0.250. The van der Waals surface area contributed by atoms with Crippen molar-refractivity contribution in [3.05, 3.63) is 53.9 Å². The average molecular weight is 411 g/mol. The number of furan rings is 1. The lowest BCUT2D eigenvalue weighted by Gasteiger charge is -2.09. The molecule has 0 aliphatic carbocycles. The highest BCUT2D eigenvalue weighted by Crippen LogP contribution is 2.27. The molecule has 0 atom stereocenters. The molecular formula is C20H21N5O3S. The van der Waals surface area contributed by atoms with Crippen LogP contribution in [0.15, 0.2) is 52.2 Å². The molecule has 0 aliphatic rings. The Morgan fingerprint density at radius 1 is 1.10 bits per heavy atom. The Bertz CT molecular complexity index is 1240. The van der Waals surface area contributed by atoms with Gasteiger partial charge in [-0.3, -0.25) is 5.10 Å². The van der Waals surface area contributed by atoms with Crippen LogP contribution >= 0.6 is 0 Å². The van der Waals surface area contributed by atoms with Gasteiger partial charge in [0.15, 0.2) is 11.3 Å². The molecular weight excluding hydrogens is 390 g/mol. The number of aromatic amines is 1. The summed E-state index contributed by atoms with van der Waals surface area (Å²) in [5.41, 5.74) is 3.81. The molecule has 3 heterocycles. The molecule has 150 valence electrons. The number of fused-ring (bicyclic) bond motifs is 1. The number of hydrogen-bond acceptors (Lipinski definition) is 7. The van der Waals surface area contributed by atoms with Crippen LogP contribution in [0.25, 0.3) is 22.4 Å². The second-order valence-electron chi connectivity index (χ2n) is 7.14. The number of H-pyrrole nitrogens is 1. The van der Waals surface area contributed by atoms with Crippen molar-refractivity contribution in [2.45, 2.75) is 31.5 Å². The van der Waals surface area contributed by atoms with Crippen LogP contribution in [0.3, 0.4) is 0 Å². The summed E-state index contributed by atoms with van der Waals surface area (Å²) in [6.45, 7) is 4.43. The van der Waals surface area contributed by atoms with E-state index in [1.54, 1.807) is 6.26 Å². The zero-order chi connectivity index (χ0) is 20.6. The van der Waals surface area contributed by atoms with Gasteiger partial charge < -0.3 is 9.73 Å². The van der Waals surface area contributed by atoms with E-state index in [1.807, 2.05) is 50.2 Å². The number of sulfone groups is 1. The first-order chi connectivity index (χ1) is 13.8. The van der Waals surface area contributed by atoms with Crippen molar-refractivity contribution in [1.82, 2.24) is 20.2 Å². The highest BCUT2D eigenvalue weighted by molar-refractivity contribution is 7.90. The predicted molar refractivity (Wildman–Crippen MR) is 110 cm³/mol. The van der Waals surface area contributed by atoms with Gasteiger partial charge in [0, 0.05) is 18.4 Å². The second kappa shape index (κ2) is 7.32. The van der Waals surface area contributed by atoms with E-state index in [1.165, 1.54) is 0 Å². The third-order valence-corrected chi connectivity index (χ3v) is 5.38. The van der Waals surface area contributed by atoms with Crippen molar-refractivity contribution in [3.63, 3.8) is 0 Å². The average Bonchev–Trinajstić information content (AvgIpc) is 3.35. The molecule has 0 bridgehead atoms. The standard InChI is InChI=1S/C20H21N5O3S/c1-12(2)16-17-18(25-24-16)19(23-20(22-17)29(3,26)27)21-11-13-6-8-14(9-7-13)15-5-4-10-28-15/h4-10,12H,11H2,1-3H3,(H,24,25)(H,21,22,23). The van der Waals surface area contributed by atoms with Crippen LogP contribution < -0.4 is 5.32 Å². The van der Waals surface area contributed by atoms with E-state index in [4.69, 9.17) is 4.42 Å². The van der Waals surface area contributed by atoms with Crippen LogP contribution in [0.4, 0.5) is 5.82 Å². The summed E-state index contributed by atoms with van der Waals surface area (Å²) in [4.78, 5) is 8.45. The fourth-order valence-electron chi connectivity index (χ4n) is 3.00. The first kappa shape index (κ1) is 19.1. The molecule has 1 aromatic carbocycles. The molecule has 0 saturated carbocycles. The molecule has 4 aromatic rings. The summed E-state index contributed by atoms with van der Waals surface area (Å²) in [5.74, 6) is 1.30. The minimum absolute atomic E-state index is 0.115. The molecule has 0 radical (unpaired) electrons. The number of rotatable bonds is 6. The molecule has 9 heteroatoms. The number of aromatic nitrogens is 4. The van der Waals surface area contributed by atoms with Gasteiger partial charge in [-0.2, -0.15) is 10.1 Å². The van der Waals surface area contributed by atoms with Crippen LogP contribution in [0, 0.1) is 0 Å². The SMILES string of the molecule is CC(C)c1[nH]nc2c(NCc3ccc(-c4ccco4)cc3)nc(S(C)(=O)=O)nc12. The molecule has 8 nitrogen and oxygen atoms in total. The van der Waals surface area contributed by atoms with Gasteiger partial charge in [-0.05, 0) is 23.6 Å². The Kier molecular flexibility index (Phi) is 4.83. The van der Waals surface area contributed by atoms with Crippen LogP contribution in [0.5, 0.6) is 0 Å². The number of benzene rings is 1. The first-order valence-corrected chi connectivity index (χ1v) is 11.0. The van der Waals surface area contributed by atoms with Crippen LogP contribution in [0.1, 0.15) is 31.0 Å². The molecule has 2 N–H and O–H groups in total. The van der Waals surface area contributed by atoms with Crippen molar-refractivity contribution in [3.8, 4) is 11.3 Å².